The molecule has 2 unspecified atom stereocenters. The van der Waals surface area contributed by atoms with Gasteiger partial charge in [0.1, 0.15) is 5.82 Å². The Morgan fingerprint density at radius 1 is 1.30 bits per heavy atom. The highest BCUT2D eigenvalue weighted by Crippen LogP contribution is 2.18. The van der Waals surface area contributed by atoms with Crippen molar-refractivity contribution in [1.29, 1.82) is 0 Å². The Kier molecular flexibility index (Phi) is 6.37. The van der Waals surface area contributed by atoms with E-state index in [-0.39, 0.29) is 0 Å². The molecule has 1 saturated heterocycles. The van der Waals surface area contributed by atoms with Crippen molar-refractivity contribution in [3.05, 3.63) is 30.1 Å². The summed E-state index contributed by atoms with van der Waals surface area (Å²) in [7, 11) is 1.85. The second-order valence-electron chi connectivity index (χ2n) is 7.93. The quantitative estimate of drug-likeness (QED) is 0.466. The number of fused-ring (bicyclic) bond motifs is 1. The summed E-state index contributed by atoms with van der Waals surface area (Å²) in [6.45, 7) is 13.0. The van der Waals surface area contributed by atoms with E-state index in [9.17, 15) is 0 Å². The normalized spacial score (nSPS) is 21.3. The first-order valence-electron chi connectivity index (χ1n) is 10.1. The van der Waals surface area contributed by atoms with E-state index in [1.54, 1.807) is 0 Å². The second kappa shape index (κ2) is 8.74. The number of aliphatic imine (C=N–C) groups is 1. The van der Waals surface area contributed by atoms with Crippen molar-refractivity contribution in [2.75, 3.05) is 26.7 Å². The highest BCUT2D eigenvalue weighted by molar-refractivity contribution is 5.80. The molecule has 0 spiro atoms. The van der Waals surface area contributed by atoms with Crippen LogP contribution in [0.3, 0.4) is 0 Å². The SMILES string of the molecule is CN=C(NCCCn1c(C)nc2ccccc21)NC1CN(C(C)C)CC1C. The molecule has 1 aliphatic heterocycles. The molecule has 1 fully saturated rings. The largest absolute Gasteiger partial charge is 0.356 e. The molecule has 3 rings (SSSR count). The Labute approximate surface area is 163 Å². The molecule has 2 heterocycles. The third-order valence-electron chi connectivity index (χ3n) is 5.61. The van der Waals surface area contributed by atoms with E-state index in [4.69, 9.17) is 0 Å². The van der Waals surface area contributed by atoms with Crippen molar-refractivity contribution in [2.24, 2.45) is 10.9 Å². The van der Waals surface area contributed by atoms with Gasteiger partial charge >= 0.3 is 0 Å². The summed E-state index contributed by atoms with van der Waals surface area (Å²) in [5.41, 5.74) is 2.29. The first-order valence-corrected chi connectivity index (χ1v) is 10.1. The zero-order valence-electron chi connectivity index (χ0n) is 17.4. The maximum absolute atomic E-state index is 4.64. The standard InChI is InChI=1S/C21H34N6/c1-15(2)26-13-16(3)19(14-26)25-21(22-5)23-11-8-12-27-17(4)24-18-9-6-7-10-20(18)27/h6-7,9-10,15-16,19H,8,11-14H2,1-5H3,(H2,22,23,25). The Balaban J connectivity index is 1.48. The molecule has 6 nitrogen and oxygen atoms in total. The summed E-state index contributed by atoms with van der Waals surface area (Å²) in [5, 5.41) is 7.09. The minimum atomic E-state index is 0.457. The average molecular weight is 371 g/mol. The molecule has 2 aromatic rings. The number of benzene rings is 1. The molecule has 1 aromatic carbocycles. The molecular weight excluding hydrogens is 336 g/mol. The van der Waals surface area contributed by atoms with Gasteiger partial charge < -0.3 is 15.2 Å². The molecule has 2 N–H and O–H groups in total. The van der Waals surface area contributed by atoms with Crippen LogP contribution in [0.4, 0.5) is 0 Å². The van der Waals surface area contributed by atoms with Crippen LogP contribution >= 0.6 is 0 Å². The van der Waals surface area contributed by atoms with E-state index < -0.39 is 0 Å². The molecule has 2 atom stereocenters. The number of hydrogen-bond acceptors (Lipinski definition) is 3. The number of nitrogens with zero attached hydrogens (tertiary/aromatic N) is 4. The molecule has 0 aliphatic carbocycles. The lowest BCUT2D eigenvalue weighted by Gasteiger charge is -2.22. The first-order chi connectivity index (χ1) is 13.0. The van der Waals surface area contributed by atoms with Crippen LogP contribution in [0.2, 0.25) is 0 Å². The predicted octanol–water partition coefficient (Wildman–Crippen LogP) is 2.63. The Hall–Kier alpha value is -2.08. The van der Waals surface area contributed by atoms with E-state index in [0.29, 0.717) is 18.0 Å². The fraction of sp³-hybridized carbons (Fsp3) is 0.619. The van der Waals surface area contributed by atoms with E-state index >= 15 is 0 Å². The molecular formula is C21H34N6. The number of rotatable bonds is 6. The van der Waals surface area contributed by atoms with Crippen LogP contribution in [0.5, 0.6) is 0 Å². The van der Waals surface area contributed by atoms with Gasteiger partial charge in [0.25, 0.3) is 0 Å². The lowest BCUT2D eigenvalue weighted by molar-refractivity contribution is 0.265. The van der Waals surface area contributed by atoms with Crippen LogP contribution in [0.25, 0.3) is 11.0 Å². The fourth-order valence-corrected chi connectivity index (χ4v) is 3.91. The molecule has 0 amide bonds. The summed E-state index contributed by atoms with van der Waals surface area (Å²) < 4.78 is 2.30. The Bertz CT molecular complexity index is 778. The second-order valence-corrected chi connectivity index (χ2v) is 7.93. The van der Waals surface area contributed by atoms with Gasteiger partial charge in [-0.05, 0) is 45.2 Å². The van der Waals surface area contributed by atoms with Gasteiger partial charge in [0, 0.05) is 45.3 Å². The maximum Gasteiger partial charge on any atom is 0.191 e. The van der Waals surface area contributed by atoms with Crippen LogP contribution in [0.15, 0.2) is 29.3 Å². The van der Waals surface area contributed by atoms with Crippen LogP contribution < -0.4 is 10.6 Å². The van der Waals surface area contributed by atoms with Gasteiger partial charge in [0.05, 0.1) is 11.0 Å². The highest BCUT2D eigenvalue weighted by atomic mass is 15.3. The number of para-hydroxylation sites is 2. The summed E-state index contributed by atoms with van der Waals surface area (Å²) in [6.07, 6.45) is 1.03. The van der Waals surface area contributed by atoms with Gasteiger partial charge in [0.15, 0.2) is 5.96 Å². The number of imidazole rings is 1. The molecule has 0 bridgehead atoms. The number of guanidine groups is 1. The third-order valence-corrected chi connectivity index (χ3v) is 5.61. The predicted molar refractivity (Wildman–Crippen MR) is 113 cm³/mol. The summed E-state index contributed by atoms with van der Waals surface area (Å²) in [4.78, 5) is 11.6. The molecule has 27 heavy (non-hydrogen) atoms. The van der Waals surface area contributed by atoms with Gasteiger partial charge in [-0.25, -0.2) is 4.98 Å². The lowest BCUT2D eigenvalue weighted by atomic mass is 10.1. The molecule has 0 radical (unpaired) electrons. The summed E-state index contributed by atoms with van der Waals surface area (Å²) in [6, 6.07) is 9.39. The lowest BCUT2D eigenvalue weighted by Crippen LogP contribution is -2.47. The number of nitrogens with one attached hydrogen (secondary N) is 2. The topological polar surface area (TPSA) is 57.5 Å². The molecule has 6 heteroatoms. The number of aryl methyl sites for hydroxylation is 2. The summed E-state index contributed by atoms with van der Waals surface area (Å²) in [5.74, 6) is 2.61. The Morgan fingerprint density at radius 2 is 2.07 bits per heavy atom. The number of likely N-dealkylation sites (tertiary alicyclic amines) is 1. The van der Waals surface area contributed by atoms with Crippen LogP contribution in [-0.2, 0) is 6.54 Å². The van der Waals surface area contributed by atoms with E-state index in [2.05, 4.69) is 76.0 Å². The minimum absolute atomic E-state index is 0.457. The van der Waals surface area contributed by atoms with Crippen molar-refractivity contribution in [3.8, 4) is 0 Å². The van der Waals surface area contributed by atoms with Gasteiger partial charge in [-0.2, -0.15) is 0 Å². The van der Waals surface area contributed by atoms with E-state index in [0.717, 1.165) is 49.9 Å². The molecule has 1 aliphatic rings. The zero-order chi connectivity index (χ0) is 19.4. The molecule has 0 saturated carbocycles. The van der Waals surface area contributed by atoms with E-state index in [1.165, 1.54) is 5.52 Å². The molecule has 148 valence electrons. The van der Waals surface area contributed by atoms with E-state index in [1.807, 2.05) is 13.1 Å². The third kappa shape index (κ3) is 4.61. The van der Waals surface area contributed by atoms with Crippen LogP contribution in [0.1, 0.15) is 33.0 Å². The monoisotopic (exact) mass is 370 g/mol. The van der Waals surface area contributed by atoms with Crippen LogP contribution in [-0.4, -0.2) is 59.2 Å². The fourth-order valence-electron chi connectivity index (χ4n) is 3.91. The smallest absolute Gasteiger partial charge is 0.191 e. The van der Waals surface area contributed by atoms with Gasteiger partial charge in [-0.3, -0.25) is 9.89 Å². The van der Waals surface area contributed by atoms with Crippen molar-refractivity contribution in [3.63, 3.8) is 0 Å². The van der Waals surface area contributed by atoms with Crippen molar-refractivity contribution in [1.82, 2.24) is 25.1 Å². The van der Waals surface area contributed by atoms with Crippen molar-refractivity contribution < 1.29 is 0 Å². The van der Waals surface area contributed by atoms with Gasteiger partial charge in [-0.15, -0.1) is 0 Å². The maximum atomic E-state index is 4.64. The first kappa shape index (κ1) is 19.7. The Morgan fingerprint density at radius 3 is 2.78 bits per heavy atom. The highest BCUT2D eigenvalue weighted by Gasteiger charge is 2.31. The van der Waals surface area contributed by atoms with Crippen LogP contribution in [0, 0.1) is 12.8 Å². The van der Waals surface area contributed by atoms with Gasteiger partial charge in [0.2, 0.25) is 0 Å². The van der Waals surface area contributed by atoms with Crippen molar-refractivity contribution in [2.45, 2.75) is 52.7 Å². The summed E-state index contributed by atoms with van der Waals surface area (Å²) >= 11 is 0. The number of aromatic nitrogens is 2. The van der Waals surface area contributed by atoms with Crippen molar-refractivity contribution >= 4 is 17.0 Å². The average Bonchev–Trinajstić information content (AvgIpc) is 3.17. The zero-order valence-corrected chi connectivity index (χ0v) is 17.4. The van der Waals surface area contributed by atoms with Gasteiger partial charge in [-0.1, -0.05) is 19.1 Å². The number of hydrogen-bond donors (Lipinski definition) is 2. The minimum Gasteiger partial charge on any atom is -0.356 e. The molecule has 1 aromatic heterocycles.